The third-order valence-electron chi connectivity index (χ3n) is 2.68. The number of aromatic amines is 1. The summed E-state index contributed by atoms with van der Waals surface area (Å²) in [6.07, 6.45) is 3.14. The van der Waals surface area contributed by atoms with E-state index in [0.29, 0.717) is 11.4 Å². The number of anilines is 1. The molecule has 0 unspecified atom stereocenters. The van der Waals surface area contributed by atoms with E-state index in [1.54, 1.807) is 18.3 Å². The summed E-state index contributed by atoms with van der Waals surface area (Å²) in [6.45, 7) is 0. The van der Waals surface area contributed by atoms with Crippen LogP contribution in [0.3, 0.4) is 0 Å². The van der Waals surface area contributed by atoms with Crippen LogP contribution in [0.25, 0.3) is 10.9 Å². The number of aromatic nitrogens is 3. The van der Waals surface area contributed by atoms with Gasteiger partial charge in [-0.15, -0.1) is 0 Å². The molecule has 1 aromatic carbocycles. The predicted octanol–water partition coefficient (Wildman–Crippen LogP) is 2.97. The van der Waals surface area contributed by atoms with Crippen LogP contribution < -0.4 is 5.32 Å². The Labute approximate surface area is 117 Å². The van der Waals surface area contributed by atoms with Crippen LogP contribution in [0, 0.1) is 0 Å². The van der Waals surface area contributed by atoms with Crippen molar-refractivity contribution >= 4 is 38.6 Å². The van der Waals surface area contributed by atoms with E-state index in [1.165, 1.54) is 6.20 Å². The number of fused-ring (bicyclic) bond motifs is 1. The van der Waals surface area contributed by atoms with Gasteiger partial charge < -0.3 is 5.32 Å². The van der Waals surface area contributed by atoms with Crippen molar-refractivity contribution in [1.29, 1.82) is 0 Å². The Morgan fingerprint density at radius 1 is 1.32 bits per heavy atom. The number of nitrogens with zero attached hydrogens (tertiary/aromatic N) is 2. The number of hydrogen-bond donors (Lipinski definition) is 2. The normalized spacial score (nSPS) is 10.6. The van der Waals surface area contributed by atoms with Crippen molar-refractivity contribution in [3.05, 3.63) is 52.8 Å². The first-order chi connectivity index (χ1) is 9.24. The zero-order valence-corrected chi connectivity index (χ0v) is 11.3. The highest BCUT2D eigenvalue weighted by atomic mass is 79.9. The highest BCUT2D eigenvalue weighted by molar-refractivity contribution is 9.10. The highest BCUT2D eigenvalue weighted by Gasteiger charge is 2.11. The predicted molar refractivity (Wildman–Crippen MR) is 76.0 cm³/mol. The number of benzene rings is 1. The number of pyridine rings is 1. The number of hydrogen-bond acceptors (Lipinski definition) is 3. The van der Waals surface area contributed by atoms with Gasteiger partial charge in [-0.2, -0.15) is 5.10 Å². The molecular weight excluding hydrogens is 308 g/mol. The van der Waals surface area contributed by atoms with Crippen LogP contribution in [-0.2, 0) is 0 Å². The summed E-state index contributed by atoms with van der Waals surface area (Å²) in [7, 11) is 0. The largest absolute Gasteiger partial charge is 0.305 e. The van der Waals surface area contributed by atoms with Crippen molar-refractivity contribution < 1.29 is 4.79 Å². The standard InChI is InChI=1S/C13H9BrN4O/c14-9-3-4-10-11(6-9)17-18-12(10)16-13(19)8-2-1-5-15-7-8/h1-7H,(H2,16,17,18,19). The number of H-pyrrole nitrogens is 1. The summed E-state index contributed by atoms with van der Waals surface area (Å²) >= 11 is 3.39. The van der Waals surface area contributed by atoms with E-state index in [-0.39, 0.29) is 5.91 Å². The van der Waals surface area contributed by atoms with Crippen LogP contribution in [0.2, 0.25) is 0 Å². The van der Waals surface area contributed by atoms with Gasteiger partial charge in [-0.3, -0.25) is 14.9 Å². The van der Waals surface area contributed by atoms with Gasteiger partial charge in [0.05, 0.1) is 11.1 Å². The Morgan fingerprint density at radius 2 is 2.21 bits per heavy atom. The second-order valence-corrected chi connectivity index (χ2v) is 4.87. The van der Waals surface area contributed by atoms with Crippen molar-refractivity contribution in [3.63, 3.8) is 0 Å². The summed E-state index contributed by atoms with van der Waals surface area (Å²) in [4.78, 5) is 15.9. The molecule has 2 heterocycles. The Morgan fingerprint density at radius 3 is 3.00 bits per heavy atom. The number of carbonyl (C=O) groups excluding carboxylic acids is 1. The minimum atomic E-state index is -0.232. The first-order valence-corrected chi connectivity index (χ1v) is 6.38. The molecule has 5 nitrogen and oxygen atoms in total. The molecule has 0 aliphatic heterocycles. The number of rotatable bonds is 2. The molecule has 0 aliphatic rings. The van der Waals surface area contributed by atoms with Gasteiger partial charge in [0.1, 0.15) is 0 Å². The molecule has 0 aliphatic carbocycles. The fraction of sp³-hybridized carbons (Fsp3) is 0. The Balaban J connectivity index is 1.92. The second-order valence-electron chi connectivity index (χ2n) is 3.96. The van der Waals surface area contributed by atoms with Gasteiger partial charge in [-0.25, -0.2) is 0 Å². The maximum Gasteiger partial charge on any atom is 0.258 e. The molecule has 94 valence electrons. The van der Waals surface area contributed by atoms with Gasteiger partial charge >= 0.3 is 0 Å². The lowest BCUT2D eigenvalue weighted by atomic mass is 10.2. The first-order valence-electron chi connectivity index (χ1n) is 5.59. The molecule has 3 rings (SSSR count). The molecule has 3 aromatic rings. The van der Waals surface area contributed by atoms with E-state index in [0.717, 1.165) is 15.4 Å². The second kappa shape index (κ2) is 4.81. The fourth-order valence-corrected chi connectivity index (χ4v) is 2.12. The first kappa shape index (κ1) is 11.9. The van der Waals surface area contributed by atoms with Crippen LogP contribution in [0.15, 0.2) is 47.2 Å². The topological polar surface area (TPSA) is 70.7 Å². The zero-order valence-electron chi connectivity index (χ0n) is 9.72. The molecular formula is C13H9BrN4O. The molecule has 0 fully saturated rings. The van der Waals surface area contributed by atoms with E-state index in [4.69, 9.17) is 0 Å². The van der Waals surface area contributed by atoms with E-state index in [9.17, 15) is 4.79 Å². The van der Waals surface area contributed by atoms with Gasteiger partial charge in [0.2, 0.25) is 0 Å². The maximum atomic E-state index is 12.0. The van der Waals surface area contributed by atoms with Crippen LogP contribution in [0.4, 0.5) is 5.82 Å². The van der Waals surface area contributed by atoms with Crippen LogP contribution in [0.1, 0.15) is 10.4 Å². The summed E-state index contributed by atoms with van der Waals surface area (Å²) in [5.41, 5.74) is 1.35. The molecule has 19 heavy (non-hydrogen) atoms. The number of carbonyl (C=O) groups is 1. The van der Waals surface area contributed by atoms with Gasteiger partial charge in [0.25, 0.3) is 5.91 Å². The van der Waals surface area contributed by atoms with E-state index in [1.807, 2.05) is 18.2 Å². The lowest BCUT2D eigenvalue weighted by Crippen LogP contribution is -2.12. The zero-order chi connectivity index (χ0) is 13.2. The molecule has 0 saturated carbocycles. The molecule has 0 radical (unpaired) electrons. The molecule has 0 saturated heterocycles. The molecule has 0 atom stereocenters. The fourth-order valence-electron chi connectivity index (χ4n) is 1.76. The van der Waals surface area contributed by atoms with Crippen molar-refractivity contribution in [3.8, 4) is 0 Å². The Kier molecular flexibility index (Phi) is 3.00. The molecule has 2 N–H and O–H groups in total. The third kappa shape index (κ3) is 2.34. The van der Waals surface area contributed by atoms with Gasteiger partial charge in [0, 0.05) is 22.3 Å². The quantitative estimate of drug-likeness (QED) is 0.763. The average Bonchev–Trinajstić information content (AvgIpc) is 2.82. The molecule has 6 heteroatoms. The van der Waals surface area contributed by atoms with Crippen LogP contribution >= 0.6 is 15.9 Å². The highest BCUT2D eigenvalue weighted by Crippen LogP contribution is 2.24. The van der Waals surface area contributed by atoms with Gasteiger partial charge in [-0.05, 0) is 30.3 Å². The van der Waals surface area contributed by atoms with E-state index >= 15 is 0 Å². The van der Waals surface area contributed by atoms with Crippen molar-refractivity contribution in [2.24, 2.45) is 0 Å². The third-order valence-corrected chi connectivity index (χ3v) is 3.17. The van der Waals surface area contributed by atoms with Gasteiger partial charge in [-0.1, -0.05) is 15.9 Å². The summed E-state index contributed by atoms with van der Waals surface area (Å²) < 4.78 is 0.953. The summed E-state index contributed by atoms with van der Waals surface area (Å²) in [5.74, 6) is 0.278. The molecule has 2 aromatic heterocycles. The number of amides is 1. The monoisotopic (exact) mass is 316 g/mol. The van der Waals surface area contributed by atoms with Gasteiger partial charge in [0.15, 0.2) is 5.82 Å². The maximum absolute atomic E-state index is 12.0. The summed E-state index contributed by atoms with van der Waals surface area (Å²) in [6, 6.07) is 9.11. The van der Waals surface area contributed by atoms with Crippen molar-refractivity contribution in [2.45, 2.75) is 0 Å². The average molecular weight is 317 g/mol. The van der Waals surface area contributed by atoms with E-state index < -0.39 is 0 Å². The van der Waals surface area contributed by atoms with Crippen molar-refractivity contribution in [2.75, 3.05) is 5.32 Å². The SMILES string of the molecule is O=C(Nc1n[nH]c2cc(Br)ccc12)c1cccnc1. The van der Waals surface area contributed by atoms with Crippen LogP contribution in [-0.4, -0.2) is 21.1 Å². The minimum Gasteiger partial charge on any atom is -0.305 e. The van der Waals surface area contributed by atoms with Crippen molar-refractivity contribution in [1.82, 2.24) is 15.2 Å². The lowest BCUT2D eigenvalue weighted by Gasteiger charge is -2.01. The number of halogens is 1. The number of nitrogens with one attached hydrogen (secondary N) is 2. The van der Waals surface area contributed by atoms with E-state index in [2.05, 4.69) is 36.4 Å². The molecule has 0 bridgehead atoms. The Bertz CT molecular complexity index is 739. The minimum absolute atomic E-state index is 0.232. The molecule has 0 spiro atoms. The molecule has 1 amide bonds. The smallest absolute Gasteiger partial charge is 0.258 e. The summed E-state index contributed by atoms with van der Waals surface area (Å²) in [5, 5.41) is 10.6. The lowest BCUT2D eigenvalue weighted by molar-refractivity contribution is 0.102. The van der Waals surface area contributed by atoms with Crippen LogP contribution in [0.5, 0.6) is 0 Å². The Hall–Kier alpha value is -2.21.